The summed E-state index contributed by atoms with van der Waals surface area (Å²) in [6.45, 7) is 7.77. The Morgan fingerprint density at radius 2 is 1.47 bits per heavy atom. The van der Waals surface area contributed by atoms with Gasteiger partial charge in [0.05, 0.1) is 39.9 Å². The van der Waals surface area contributed by atoms with E-state index in [4.69, 9.17) is 28.0 Å². The van der Waals surface area contributed by atoms with Crippen LogP contribution in [0.4, 0.5) is 4.39 Å². The van der Waals surface area contributed by atoms with E-state index in [1.165, 1.54) is 6.20 Å². The van der Waals surface area contributed by atoms with Crippen molar-refractivity contribution in [3.05, 3.63) is 129 Å². The number of hydrogen-bond donors (Lipinski definition) is 1. The molecule has 53 heavy (non-hydrogen) atoms. The molecule has 5 atom stereocenters. The zero-order chi connectivity index (χ0) is 38.1. The van der Waals surface area contributed by atoms with Crippen molar-refractivity contribution in [2.75, 3.05) is 27.4 Å². The van der Waals surface area contributed by atoms with Crippen LogP contribution in [-0.4, -0.2) is 72.1 Å². The van der Waals surface area contributed by atoms with Crippen LogP contribution in [0.15, 0.2) is 101 Å². The van der Waals surface area contributed by atoms with Crippen molar-refractivity contribution in [1.82, 2.24) is 14.2 Å². The standard InChI is InChI=1S/C39H46FN4O8P/c1-26(2)44(27(3)4)53(50-24-10-22-41)52-36-33(51-37(35(36)40)43-23-21-34(45)42-38(43)46)25-49-39(28-11-8-7-9-12-28,29-13-17-31(47-5)18-14-29)30-15-19-32(48-6)20-16-30/h7-9,11-21,23,26-27,33,35-37H,10,24-25H2,1-6H3,(H,42,45,46)/t33-,35-,36?,37-,53?/m1/s1. The highest BCUT2D eigenvalue weighted by Gasteiger charge is 2.51. The molecule has 14 heteroatoms. The number of ether oxygens (including phenoxy) is 4. The van der Waals surface area contributed by atoms with Crippen molar-refractivity contribution in [2.45, 2.75) is 76.4 Å². The molecule has 0 radical (unpaired) electrons. The van der Waals surface area contributed by atoms with Gasteiger partial charge in [0.15, 0.2) is 12.4 Å². The van der Waals surface area contributed by atoms with Crippen molar-refractivity contribution < 1.29 is 32.4 Å². The fraction of sp³-hybridized carbons (Fsp3) is 0.410. The van der Waals surface area contributed by atoms with Gasteiger partial charge in [0.2, 0.25) is 0 Å². The van der Waals surface area contributed by atoms with Crippen LogP contribution in [0.5, 0.6) is 11.5 Å². The summed E-state index contributed by atoms with van der Waals surface area (Å²) in [4.78, 5) is 27.1. The lowest BCUT2D eigenvalue weighted by atomic mass is 9.80. The Bertz CT molecular complexity index is 1860. The maximum Gasteiger partial charge on any atom is 0.330 e. The summed E-state index contributed by atoms with van der Waals surface area (Å²) in [6.07, 6.45) is -4.44. The van der Waals surface area contributed by atoms with Gasteiger partial charge in [-0.2, -0.15) is 5.26 Å². The number of aromatic nitrogens is 2. The lowest BCUT2D eigenvalue weighted by Gasteiger charge is -2.39. The van der Waals surface area contributed by atoms with Crippen molar-refractivity contribution in [1.29, 1.82) is 5.26 Å². The molecule has 1 saturated heterocycles. The fourth-order valence-corrected chi connectivity index (χ4v) is 8.25. The molecular formula is C39H46FN4O8P. The summed E-state index contributed by atoms with van der Waals surface area (Å²) < 4.78 is 57.0. The van der Waals surface area contributed by atoms with E-state index in [-0.39, 0.29) is 31.7 Å². The summed E-state index contributed by atoms with van der Waals surface area (Å²) in [5.41, 5.74) is -0.435. The van der Waals surface area contributed by atoms with E-state index in [1.54, 1.807) is 14.2 Å². The number of hydrogen-bond acceptors (Lipinski definition) is 10. The first-order valence-electron chi connectivity index (χ1n) is 17.4. The Hall–Kier alpha value is -4.41. The van der Waals surface area contributed by atoms with Crippen LogP contribution in [0.2, 0.25) is 0 Å². The van der Waals surface area contributed by atoms with E-state index in [9.17, 15) is 14.9 Å². The van der Waals surface area contributed by atoms with E-state index in [1.807, 2.05) is 111 Å². The van der Waals surface area contributed by atoms with Gasteiger partial charge in [-0.3, -0.25) is 14.3 Å². The third kappa shape index (κ3) is 8.87. The Labute approximate surface area is 310 Å². The number of benzene rings is 3. The van der Waals surface area contributed by atoms with E-state index in [0.29, 0.717) is 11.5 Å². The number of nitriles is 1. The van der Waals surface area contributed by atoms with Crippen LogP contribution in [0.3, 0.4) is 0 Å². The van der Waals surface area contributed by atoms with E-state index < -0.39 is 50.0 Å². The van der Waals surface area contributed by atoms with Crippen molar-refractivity contribution in [3.63, 3.8) is 0 Å². The predicted molar refractivity (Wildman–Crippen MR) is 198 cm³/mol. The van der Waals surface area contributed by atoms with Gasteiger partial charge < -0.3 is 28.0 Å². The van der Waals surface area contributed by atoms with Gasteiger partial charge in [0.1, 0.15) is 29.3 Å². The number of methoxy groups -OCH3 is 2. The van der Waals surface area contributed by atoms with Gasteiger partial charge in [-0.1, -0.05) is 54.6 Å². The van der Waals surface area contributed by atoms with Gasteiger partial charge in [-0.15, -0.1) is 0 Å². The molecule has 4 aromatic rings. The first-order chi connectivity index (χ1) is 25.5. The van der Waals surface area contributed by atoms with Crippen molar-refractivity contribution in [2.24, 2.45) is 0 Å². The number of nitrogens with one attached hydrogen (secondary N) is 1. The smallest absolute Gasteiger partial charge is 0.330 e. The first-order valence-corrected chi connectivity index (χ1v) is 18.5. The molecule has 2 unspecified atom stereocenters. The maximum atomic E-state index is 16.9. The van der Waals surface area contributed by atoms with Gasteiger partial charge in [0.25, 0.3) is 14.1 Å². The lowest BCUT2D eigenvalue weighted by Crippen LogP contribution is -2.41. The molecular weight excluding hydrogens is 702 g/mol. The Balaban J connectivity index is 1.62. The highest BCUT2D eigenvalue weighted by atomic mass is 31.2. The highest BCUT2D eigenvalue weighted by Crippen LogP contribution is 2.51. The van der Waals surface area contributed by atoms with Crippen LogP contribution in [-0.2, 0) is 24.1 Å². The van der Waals surface area contributed by atoms with Crippen LogP contribution in [0, 0.1) is 11.3 Å². The average molecular weight is 749 g/mol. The SMILES string of the molecule is COc1ccc(C(OC[C@H]2O[C@@H](n3ccc(=O)[nH]c3=O)[C@H](F)C2OP(OCCC#N)N(C(C)C)C(C)C)(c2ccccc2)c2ccc(OC)cc2)cc1. The molecule has 12 nitrogen and oxygen atoms in total. The molecule has 3 aromatic carbocycles. The number of H-pyrrole nitrogens is 1. The van der Waals surface area contributed by atoms with Gasteiger partial charge in [0, 0.05) is 24.3 Å². The molecule has 0 spiro atoms. The molecule has 0 saturated carbocycles. The highest BCUT2D eigenvalue weighted by molar-refractivity contribution is 7.44. The number of aromatic amines is 1. The topological polar surface area (TPSA) is 137 Å². The normalized spacial score (nSPS) is 19.4. The van der Waals surface area contributed by atoms with Gasteiger partial charge in [-0.25, -0.2) is 13.9 Å². The number of alkyl halides is 1. The van der Waals surface area contributed by atoms with Gasteiger partial charge in [-0.05, 0) is 68.7 Å². The average Bonchev–Trinajstić information content (AvgIpc) is 3.46. The largest absolute Gasteiger partial charge is 0.497 e. The molecule has 2 heterocycles. The molecule has 0 bridgehead atoms. The van der Waals surface area contributed by atoms with Crippen LogP contribution < -0.4 is 20.7 Å². The first kappa shape index (κ1) is 39.8. The Kier molecular flexibility index (Phi) is 13.6. The molecule has 1 aliphatic rings. The van der Waals surface area contributed by atoms with Gasteiger partial charge >= 0.3 is 5.69 Å². The zero-order valence-electron chi connectivity index (χ0n) is 30.7. The number of halogens is 1. The number of rotatable bonds is 17. The summed E-state index contributed by atoms with van der Waals surface area (Å²) in [7, 11) is 1.25. The molecule has 1 fully saturated rings. The van der Waals surface area contributed by atoms with E-state index in [0.717, 1.165) is 27.3 Å². The minimum Gasteiger partial charge on any atom is -0.497 e. The van der Waals surface area contributed by atoms with E-state index in [2.05, 4.69) is 11.1 Å². The summed E-state index contributed by atoms with van der Waals surface area (Å²) in [5, 5.41) is 9.25. The molecule has 5 rings (SSSR count). The molecule has 0 amide bonds. The zero-order valence-corrected chi connectivity index (χ0v) is 31.6. The second-order valence-corrected chi connectivity index (χ2v) is 14.4. The minimum atomic E-state index is -1.93. The summed E-state index contributed by atoms with van der Waals surface area (Å²) in [5.74, 6) is 1.30. The molecule has 0 aliphatic carbocycles. The van der Waals surface area contributed by atoms with Crippen molar-refractivity contribution in [3.8, 4) is 17.6 Å². The lowest BCUT2D eigenvalue weighted by molar-refractivity contribution is -0.0934. The third-order valence-electron chi connectivity index (χ3n) is 8.90. The maximum absolute atomic E-state index is 16.9. The van der Waals surface area contributed by atoms with Crippen LogP contribution in [0.25, 0.3) is 0 Å². The molecule has 1 aliphatic heterocycles. The quantitative estimate of drug-likeness (QED) is 0.0728. The summed E-state index contributed by atoms with van der Waals surface area (Å²) >= 11 is 0. The number of nitrogens with zero attached hydrogens (tertiary/aromatic N) is 3. The van der Waals surface area contributed by atoms with E-state index >= 15 is 4.39 Å². The summed E-state index contributed by atoms with van der Waals surface area (Å²) in [6, 6.07) is 27.7. The second-order valence-electron chi connectivity index (χ2n) is 13.0. The Morgan fingerprint density at radius 3 is 1.98 bits per heavy atom. The van der Waals surface area contributed by atoms with Crippen LogP contribution in [0.1, 0.15) is 57.0 Å². The molecule has 282 valence electrons. The monoisotopic (exact) mass is 748 g/mol. The molecule has 1 aromatic heterocycles. The van der Waals surface area contributed by atoms with Crippen molar-refractivity contribution >= 4 is 8.53 Å². The second kappa shape index (κ2) is 18.1. The predicted octanol–water partition coefficient (Wildman–Crippen LogP) is 6.46. The Morgan fingerprint density at radius 1 is 0.906 bits per heavy atom. The van der Waals surface area contributed by atoms with Crippen LogP contribution >= 0.6 is 8.53 Å². The molecule has 1 N–H and O–H groups in total. The third-order valence-corrected chi connectivity index (χ3v) is 11.0. The minimum absolute atomic E-state index is 0.0632. The fourth-order valence-electron chi connectivity index (χ4n) is 6.49.